The van der Waals surface area contributed by atoms with Crippen molar-refractivity contribution < 1.29 is 18.0 Å². The second kappa shape index (κ2) is 9.25. The second-order valence-electron chi connectivity index (χ2n) is 7.72. The van der Waals surface area contributed by atoms with Crippen molar-refractivity contribution in [3.8, 4) is 0 Å². The third kappa shape index (κ3) is 5.02. The number of carbonyl (C=O) groups is 2. The fourth-order valence-electron chi connectivity index (χ4n) is 3.65. The predicted octanol–water partition coefficient (Wildman–Crippen LogP) is 4.83. The number of amides is 2. The minimum atomic E-state index is -3.94. The highest BCUT2D eigenvalue weighted by molar-refractivity contribution is 7.92. The highest BCUT2D eigenvalue weighted by atomic mass is 35.5. The molecule has 0 aliphatic carbocycles. The zero-order valence-electron chi connectivity index (χ0n) is 17.8. The Morgan fingerprint density at radius 3 is 2.55 bits per heavy atom. The minimum absolute atomic E-state index is 0.0247. The number of nitrogens with one attached hydrogen (secondary N) is 2. The Morgan fingerprint density at radius 2 is 1.82 bits per heavy atom. The largest absolute Gasteiger partial charge is 0.322 e. The van der Waals surface area contributed by atoms with E-state index in [1.807, 2.05) is 0 Å². The van der Waals surface area contributed by atoms with Crippen LogP contribution >= 0.6 is 11.6 Å². The van der Waals surface area contributed by atoms with Crippen LogP contribution in [0.4, 0.5) is 17.1 Å². The summed E-state index contributed by atoms with van der Waals surface area (Å²) in [7, 11) is -3.94. The van der Waals surface area contributed by atoms with Gasteiger partial charge in [-0.1, -0.05) is 35.9 Å². The number of carbonyl (C=O) groups excluding carboxylic acids is 2. The van der Waals surface area contributed by atoms with Gasteiger partial charge in [0, 0.05) is 29.9 Å². The average molecular weight is 484 g/mol. The number of anilines is 3. The molecule has 1 saturated heterocycles. The second-order valence-corrected chi connectivity index (χ2v) is 9.78. The van der Waals surface area contributed by atoms with Crippen molar-refractivity contribution in [1.29, 1.82) is 0 Å². The Morgan fingerprint density at radius 1 is 1.03 bits per heavy atom. The van der Waals surface area contributed by atoms with Gasteiger partial charge in [0.1, 0.15) is 0 Å². The molecular weight excluding hydrogens is 462 g/mol. The maximum Gasteiger partial charge on any atom is 0.262 e. The van der Waals surface area contributed by atoms with Crippen molar-refractivity contribution in [3.63, 3.8) is 0 Å². The standard InChI is InChI=1S/C24H22ClN3O4S/c1-16-11-12-18(15-22(16)33(31,32)27-21-9-3-2-8-20(21)25)26-24(30)17-6-4-7-19(14-17)28-13-5-10-23(28)29/h2-4,6-9,11-12,14-15,27H,5,10,13H2,1H3,(H,26,30). The van der Waals surface area contributed by atoms with Crippen molar-refractivity contribution in [3.05, 3.63) is 82.9 Å². The van der Waals surface area contributed by atoms with Crippen LogP contribution in [0.25, 0.3) is 0 Å². The molecular formula is C24H22ClN3O4S. The van der Waals surface area contributed by atoms with E-state index in [1.54, 1.807) is 72.5 Å². The first kappa shape index (κ1) is 22.8. The van der Waals surface area contributed by atoms with Gasteiger partial charge in [-0.3, -0.25) is 14.3 Å². The van der Waals surface area contributed by atoms with Crippen molar-refractivity contribution in [2.75, 3.05) is 21.5 Å². The molecule has 1 heterocycles. The van der Waals surface area contributed by atoms with Gasteiger partial charge < -0.3 is 10.2 Å². The number of hydrogen-bond donors (Lipinski definition) is 2. The minimum Gasteiger partial charge on any atom is -0.322 e. The lowest BCUT2D eigenvalue weighted by Crippen LogP contribution is -2.24. The van der Waals surface area contributed by atoms with Crippen LogP contribution in [0.2, 0.25) is 5.02 Å². The van der Waals surface area contributed by atoms with E-state index in [9.17, 15) is 18.0 Å². The quantitative estimate of drug-likeness (QED) is 0.525. The molecule has 0 spiro atoms. The summed E-state index contributed by atoms with van der Waals surface area (Å²) in [6.45, 7) is 2.30. The number of halogens is 1. The summed E-state index contributed by atoms with van der Waals surface area (Å²) in [5.74, 6) is -0.373. The molecule has 3 aromatic rings. The molecule has 4 rings (SSSR count). The van der Waals surface area contributed by atoms with Crippen molar-refractivity contribution >= 4 is 50.5 Å². The van der Waals surface area contributed by atoms with E-state index in [2.05, 4.69) is 10.0 Å². The van der Waals surface area contributed by atoms with Gasteiger partial charge in [-0.2, -0.15) is 0 Å². The lowest BCUT2D eigenvalue weighted by molar-refractivity contribution is -0.117. The summed E-state index contributed by atoms with van der Waals surface area (Å²) in [4.78, 5) is 26.5. The van der Waals surface area contributed by atoms with Gasteiger partial charge in [0.15, 0.2) is 0 Å². The van der Waals surface area contributed by atoms with Gasteiger partial charge in [-0.05, 0) is 61.4 Å². The number of rotatable bonds is 6. The Labute approximate surface area is 197 Å². The molecule has 1 fully saturated rings. The van der Waals surface area contributed by atoms with Crippen LogP contribution in [-0.4, -0.2) is 26.8 Å². The van der Waals surface area contributed by atoms with Crippen molar-refractivity contribution in [2.24, 2.45) is 0 Å². The van der Waals surface area contributed by atoms with Crippen LogP contribution in [0.3, 0.4) is 0 Å². The lowest BCUT2D eigenvalue weighted by Gasteiger charge is -2.17. The predicted molar refractivity (Wildman–Crippen MR) is 129 cm³/mol. The number of para-hydroxylation sites is 1. The maximum atomic E-state index is 13.0. The Hall–Kier alpha value is -3.36. The molecule has 2 amide bonds. The summed E-state index contributed by atoms with van der Waals surface area (Å²) in [6.07, 6.45) is 1.29. The molecule has 9 heteroatoms. The number of benzene rings is 3. The smallest absolute Gasteiger partial charge is 0.262 e. The van der Waals surface area contributed by atoms with E-state index in [4.69, 9.17) is 11.6 Å². The van der Waals surface area contributed by atoms with E-state index in [0.717, 1.165) is 6.42 Å². The lowest BCUT2D eigenvalue weighted by atomic mass is 10.1. The van der Waals surface area contributed by atoms with Gasteiger partial charge in [-0.15, -0.1) is 0 Å². The fourth-order valence-corrected chi connectivity index (χ4v) is 5.24. The third-order valence-electron chi connectivity index (χ3n) is 5.35. The molecule has 0 saturated carbocycles. The third-order valence-corrected chi connectivity index (χ3v) is 7.18. The van der Waals surface area contributed by atoms with Gasteiger partial charge >= 0.3 is 0 Å². The first-order valence-electron chi connectivity index (χ1n) is 10.3. The van der Waals surface area contributed by atoms with Crippen LogP contribution < -0.4 is 14.9 Å². The van der Waals surface area contributed by atoms with E-state index in [0.29, 0.717) is 35.5 Å². The van der Waals surface area contributed by atoms with E-state index in [-0.39, 0.29) is 21.5 Å². The van der Waals surface area contributed by atoms with Crippen LogP contribution in [0.1, 0.15) is 28.8 Å². The first-order valence-corrected chi connectivity index (χ1v) is 12.2. The summed E-state index contributed by atoms with van der Waals surface area (Å²) < 4.78 is 28.5. The molecule has 2 N–H and O–H groups in total. The molecule has 1 aliphatic rings. The van der Waals surface area contributed by atoms with E-state index >= 15 is 0 Å². The average Bonchev–Trinajstić information content (AvgIpc) is 3.22. The fraction of sp³-hybridized carbons (Fsp3) is 0.167. The van der Waals surface area contributed by atoms with Gasteiger partial charge in [0.2, 0.25) is 5.91 Å². The van der Waals surface area contributed by atoms with E-state index < -0.39 is 15.9 Å². The Bertz CT molecular complexity index is 1340. The molecule has 3 aromatic carbocycles. The van der Waals surface area contributed by atoms with Crippen LogP contribution in [-0.2, 0) is 14.8 Å². The first-order chi connectivity index (χ1) is 15.7. The number of aryl methyl sites for hydroxylation is 1. The summed E-state index contributed by atoms with van der Waals surface area (Å²) >= 11 is 6.09. The zero-order valence-corrected chi connectivity index (χ0v) is 19.4. The molecule has 0 unspecified atom stereocenters. The summed E-state index contributed by atoms with van der Waals surface area (Å²) in [5.41, 5.74) is 2.14. The highest BCUT2D eigenvalue weighted by Gasteiger charge is 2.23. The van der Waals surface area contributed by atoms with Crippen LogP contribution in [0, 0.1) is 6.92 Å². The molecule has 0 bridgehead atoms. The van der Waals surface area contributed by atoms with Crippen molar-refractivity contribution in [1.82, 2.24) is 0 Å². The SMILES string of the molecule is Cc1ccc(NC(=O)c2cccc(N3CCCC3=O)c2)cc1S(=O)(=O)Nc1ccccc1Cl. The molecule has 0 aromatic heterocycles. The normalized spacial score (nSPS) is 13.8. The van der Waals surface area contributed by atoms with Gasteiger partial charge in [0.05, 0.1) is 15.6 Å². The highest BCUT2D eigenvalue weighted by Crippen LogP contribution is 2.27. The number of hydrogen-bond acceptors (Lipinski definition) is 4. The molecule has 0 atom stereocenters. The van der Waals surface area contributed by atoms with Gasteiger partial charge in [-0.25, -0.2) is 8.42 Å². The number of nitrogens with zero attached hydrogens (tertiary/aromatic N) is 1. The molecule has 0 radical (unpaired) electrons. The monoisotopic (exact) mass is 483 g/mol. The molecule has 170 valence electrons. The van der Waals surface area contributed by atoms with Gasteiger partial charge in [0.25, 0.3) is 15.9 Å². The van der Waals surface area contributed by atoms with E-state index in [1.165, 1.54) is 6.07 Å². The zero-order chi connectivity index (χ0) is 23.6. The Kier molecular flexibility index (Phi) is 6.40. The maximum absolute atomic E-state index is 13.0. The molecule has 1 aliphatic heterocycles. The van der Waals surface area contributed by atoms with Crippen LogP contribution in [0.15, 0.2) is 71.6 Å². The molecule has 7 nitrogen and oxygen atoms in total. The topological polar surface area (TPSA) is 95.6 Å². The molecule has 33 heavy (non-hydrogen) atoms. The summed E-state index contributed by atoms with van der Waals surface area (Å²) in [6, 6.07) is 18.0. The number of sulfonamides is 1. The summed E-state index contributed by atoms with van der Waals surface area (Å²) in [5, 5.41) is 3.02. The van der Waals surface area contributed by atoms with Crippen LogP contribution in [0.5, 0.6) is 0 Å². The van der Waals surface area contributed by atoms with Crippen molar-refractivity contribution in [2.45, 2.75) is 24.7 Å². The Balaban J connectivity index is 1.56.